The summed E-state index contributed by atoms with van der Waals surface area (Å²) in [5.41, 5.74) is 0. The smallest absolute Gasteiger partial charge is 0.0489 e. The molecule has 0 amide bonds. The standard InChI is InChI=1S/2C5H8N2.C4H10O/c2*1-2-7-5-3-4-6-7;1-3-5-4-2/h2*3-5H,2H2,1H3;3-4H2,1-2H3. The zero-order valence-corrected chi connectivity index (χ0v) is 12.5. The first-order valence-electron chi connectivity index (χ1n) is 6.80. The van der Waals surface area contributed by atoms with Crippen LogP contribution in [0.15, 0.2) is 36.9 Å². The molecule has 0 saturated carbocycles. The minimum absolute atomic E-state index is 0.844. The van der Waals surface area contributed by atoms with Crippen LogP contribution in [0.4, 0.5) is 0 Å². The summed E-state index contributed by atoms with van der Waals surface area (Å²) in [5, 5.41) is 7.90. The molecule has 5 nitrogen and oxygen atoms in total. The van der Waals surface area contributed by atoms with Gasteiger partial charge < -0.3 is 4.74 Å². The molecule has 0 saturated heterocycles. The quantitative estimate of drug-likeness (QED) is 0.854. The molecular weight excluding hydrogens is 240 g/mol. The Morgan fingerprint density at radius 2 is 1.21 bits per heavy atom. The highest BCUT2D eigenvalue weighted by Crippen LogP contribution is 1.80. The number of aryl methyl sites for hydroxylation is 2. The first-order chi connectivity index (χ1) is 9.28. The van der Waals surface area contributed by atoms with Crippen molar-refractivity contribution in [3.05, 3.63) is 36.9 Å². The van der Waals surface area contributed by atoms with Crippen LogP contribution in [-0.2, 0) is 17.8 Å². The van der Waals surface area contributed by atoms with E-state index < -0.39 is 0 Å². The maximum atomic E-state index is 4.83. The lowest BCUT2D eigenvalue weighted by Gasteiger charge is -1.87. The summed E-state index contributed by atoms with van der Waals surface area (Å²) in [7, 11) is 0. The maximum absolute atomic E-state index is 4.83. The molecule has 2 aromatic rings. The molecule has 0 atom stereocenters. The summed E-state index contributed by atoms with van der Waals surface area (Å²) in [4.78, 5) is 0. The second kappa shape index (κ2) is 12.8. The Morgan fingerprint density at radius 3 is 1.32 bits per heavy atom. The molecule has 0 unspecified atom stereocenters. The molecule has 2 rings (SSSR count). The molecule has 0 N–H and O–H groups in total. The van der Waals surface area contributed by atoms with Gasteiger partial charge in [-0.25, -0.2) is 0 Å². The molecule has 0 aliphatic heterocycles. The van der Waals surface area contributed by atoms with E-state index in [4.69, 9.17) is 4.74 Å². The van der Waals surface area contributed by atoms with Crippen molar-refractivity contribution in [3.63, 3.8) is 0 Å². The van der Waals surface area contributed by atoms with Gasteiger partial charge in [0.1, 0.15) is 0 Å². The number of nitrogens with zero attached hydrogens (tertiary/aromatic N) is 4. The molecule has 5 heteroatoms. The normalized spacial score (nSPS) is 9.05. The summed E-state index contributed by atoms with van der Waals surface area (Å²) in [5.74, 6) is 0. The minimum Gasteiger partial charge on any atom is -0.382 e. The van der Waals surface area contributed by atoms with E-state index >= 15 is 0 Å². The summed E-state index contributed by atoms with van der Waals surface area (Å²) < 4.78 is 8.58. The van der Waals surface area contributed by atoms with Crippen LogP contribution in [0.25, 0.3) is 0 Å². The van der Waals surface area contributed by atoms with Crippen LogP contribution in [0, 0.1) is 0 Å². The van der Waals surface area contributed by atoms with E-state index in [9.17, 15) is 0 Å². The van der Waals surface area contributed by atoms with Crippen LogP contribution in [0.1, 0.15) is 27.7 Å². The van der Waals surface area contributed by atoms with Crippen LogP contribution in [-0.4, -0.2) is 32.8 Å². The zero-order chi connectivity index (χ0) is 14.3. The fraction of sp³-hybridized carbons (Fsp3) is 0.571. The molecule has 0 radical (unpaired) electrons. The molecule has 0 aliphatic rings. The second-order valence-electron chi connectivity index (χ2n) is 3.50. The lowest BCUT2D eigenvalue weighted by Crippen LogP contribution is -1.91. The predicted molar refractivity (Wildman–Crippen MR) is 78.0 cm³/mol. The number of rotatable bonds is 4. The van der Waals surface area contributed by atoms with Crippen molar-refractivity contribution in [2.45, 2.75) is 40.8 Å². The highest BCUT2D eigenvalue weighted by molar-refractivity contribution is 4.77. The molecule has 19 heavy (non-hydrogen) atoms. The van der Waals surface area contributed by atoms with Crippen LogP contribution < -0.4 is 0 Å². The van der Waals surface area contributed by atoms with Gasteiger partial charge >= 0.3 is 0 Å². The Balaban J connectivity index is 0.000000261. The first-order valence-corrected chi connectivity index (χ1v) is 6.80. The Kier molecular flexibility index (Phi) is 11.7. The van der Waals surface area contributed by atoms with E-state index in [0.29, 0.717) is 0 Å². The average molecular weight is 266 g/mol. The Morgan fingerprint density at radius 1 is 0.789 bits per heavy atom. The minimum atomic E-state index is 0.844. The van der Waals surface area contributed by atoms with Gasteiger partial charge in [0.15, 0.2) is 0 Å². The average Bonchev–Trinajstić information content (AvgIpc) is 3.14. The number of ether oxygens (including phenoxy) is 1. The summed E-state index contributed by atoms with van der Waals surface area (Å²) in [6, 6.07) is 3.84. The highest BCUT2D eigenvalue weighted by atomic mass is 16.5. The fourth-order valence-corrected chi connectivity index (χ4v) is 1.18. The molecule has 0 fully saturated rings. The Hall–Kier alpha value is -1.62. The first kappa shape index (κ1) is 17.4. The van der Waals surface area contributed by atoms with E-state index in [0.717, 1.165) is 26.3 Å². The van der Waals surface area contributed by atoms with E-state index in [2.05, 4.69) is 24.0 Å². The van der Waals surface area contributed by atoms with Gasteiger partial charge in [-0.15, -0.1) is 0 Å². The highest BCUT2D eigenvalue weighted by Gasteiger charge is 1.78. The Bertz CT molecular complexity index is 320. The molecule has 2 heterocycles. The fourth-order valence-electron chi connectivity index (χ4n) is 1.18. The van der Waals surface area contributed by atoms with Gasteiger partial charge in [-0.3, -0.25) is 9.36 Å². The topological polar surface area (TPSA) is 44.9 Å². The van der Waals surface area contributed by atoms with Gasteiger partial charge in [0.25, 0.3) is 0 Å². The molecule has 0 spiro atoms. The summed E-state index contributed by atoms with van der Waals surface area (Å²) >= 11 is 0. The van der Waals surface area contributed by atoms with E-state index in [1.54, 1.807) is 12.4 Å². The number of hydrogen-bond acceptors (Lipinski definition) is 3. The van der Waals surface area contributed by atoms with Gasteiger partial charge in [0.05, 0.1) is 0 Å². The molecule has 0 aromatic carbocycles. The van der Waals surface area contributed by atoms with Crippen molar-refractivity contribution in [2.75, 3.05) is 13.2 Å². The molecule has 2 aromatic heterocycles. The van der Waals surface area contributed by atoms with Crippen molar-refractivity contribution in [1.29, 1.82) is 0 Å². The lowest BCUT2D eigenvalue weighted by atomic mass is 10.7. The number of aromatic nitrogens is 4. The third-order valence-corrected chi connectivity index (χ3v) is 2.17. The van der Waals surface area contributed by atoms with Gasteiger partial charge in [-0.1, -0.05) is 0 Å². The van der Waals surface area contributed by atoms with Crippen LogP contribution >= 0.6 is 0 Å². The molecule has 108 valence electrons. The van der Waals surface area contributed by atoms with Crippen LogP contribution in [0.5, 0.6) is 0 Å². The Labute approximate surface area is 116 Å². The van der Waals surface area contributed by atoms with Gasteiger partial charge in [0, 0.05) is 51.1 Å². The van der Waals surface area contributed by atoms with Crippen molar-refractivity contribution in [3.8, 4) is 0 Å². The monoisotopic (exact) mass is 266 g/mol. The van der Waals surface area contributed by atoms with E-state index in [-0.39, 0.29) is 0 Å². The largest absolute Gasteiger partial charge is 0.382 e. The third-order valence-electron chi connectivity index (χ3n) is 2.17. The van der Waals surface area contributed by atoms with Gasteiger partial charge in [0.2, 0.25) is 0 Å². The zero-order valence-electron chi connectivity index (χ0n) is 12.5. The van der Waals surface area contributed by atoms with Gasteiger partial charge in [-0.2, -0.15) is 10.2 Å². The second-order valence-corrected chi connectivity index (χ2v) is 3.50. The molecule has 0 aliphatic carbocycles. The van der Waals surface area contributed by atoms with E-state index in [1.165, 1.54) is 0 Å². The summed E-state index contributed by atoms with van der Waals surface area (Å²) in [6.45, 7) is 11.7. The van der Waals surface area contributed by atoms with E-state index in [1.807, 2.05) is 47.7 Å². The SMILES string of the molecule is CCOCC.CCn1cccn1.CCn1cccn1. The van der Waals surface area contributed by atoms with Crippen LogP contribution in [0.3, 0.4) is 0 Å². The lowest BCUT2D eigenvalue weighted by molar-refractivity contribution is 0.162. The molecular formula is C14H26N4O. The van der Waals surface area contributed by atoms with Crippen molar-refractivity contribution in [1.82, 2.24) is 19.6 Å². The van der Waals surface area contributed by atoms with Crippen molar-refractivity contribution in [2.24, 2.45) is 0 Å². The van der Waals surface area contributed by atoms with Crippen molar-refractivity contribution >= 4 is 0 Å². The van der Waals surface area contributed by atoms with Crippen molar-refractivity contribution < 1.29 is 4.74 Å². The maximum Gasteiger partial charge on any atom is 0.0489 e. The summed E-state index contributed by atoms with van der Waals surface area (Å²) in [6.07, 6.45) is 7.45. The molecule has 0 bridgehead atoms. The number of hydrogen-bond donors (Lipinski definition) is 0. The third kappa shape index (κ3) is 10.0. The van der Waals surface area contributed by atoms with Gasteiger partial charge in [-0.05, 0) is 39.8 Å². The predicted octanol–water partition coefficient (Wildman–Crippen LogP) is 2.85. The van der Waals surface area contributed by atoms with Crippen LogP contribution in [0.2, 0.25) is 0 Å².